The lowest BCUT2D eigenvalue weighted by Crippen LogP contribution is -2.15. The molecule has 2 N–H and O–H groups in total. The predicted octanol–water partition coefficient (Wildman–Crippen LogP) is -0.474. The largest absolute Gasteiger partial charge is 0.392 e. The maximum absolute atomic E-state index is 9.35. The Morgan fingerprint density at radius 3 is 3.00 bits per heavy atom. The molecule has 1 aromatic rings. The topological polar surface area (TPSA) is 74.4 Å². The van der Waals surface area contributed by atoms with Crippen LogP contribution in [0.25, 0.3) is 0 Å². The van der Waals surface area contributed by atoms with Gasteiger partial charge in [-0.05, 0) is 20.5 Å². The van der Waals surface area contributed by atoms with E-state index in [1.165, 1.54) is 0 Å². The molecule has 1 aliphatic rings. The normalized spacial score (nSPS) is 26.4. The number of aliphatic hydroxyl groups excluding tert-OH is 1. The maximum Gasteiger partial charge on any atom is 0.243 e. The minimum Gasteiger partial charge on any atom is -0.392 e. The fourth-order valence-electron chi connectivity index (χ4n) is 1.66. The van der Waals surface area contributed by atoms with E-state index >= 15 is 0 Å². The first kappa shape index (κ1) is 10.5. The maximum atomic E-state index is 9.35. The highest BCUT2D eigenvalue weighted by Crippen LogP contribution is 2.21. The molecule has 0 amide bonds. The Balaban J connectivity index is 2.00. The van der Waals surface area contributed by atoms with E-state index in [1.807, 2.05) is 19.0 Å². The van der Waals surface area contributed by atoms with Crippen molar-refractivity contribution < 1.29 is 9.63 Å². The number of aromatic nitrogens is 2. The van der Waals surface area contributed by atoms with Gasteiger partial charge in [0, 0.05) is 6.54 Å². The second-order valence-electron chi connectivity index (χ2n) is 4.14. The van der Waals surface area contributed by atoms with Gasteiger partial charge < -0.3 is 19.8 Å². The molecule has 1 aliphatic heterocycles. The number of β-amino-alcohol motifs (C(OH)–C–C–N with tert-alkyl or cyclic N) is 1. The zero-order chi connectivity index (χ0) is 10.8. The molecule has 2 heterocycles. The zero-order valence-corrected chi connectivity index (χ0v) is 8.97. The molecule has 15 heavy (non-hydrogen) atoms. The Bertz CT molecular complexity index is 326. The van der Waals surface area contributed by atoms with E-state index < -0.39 is 0 Å². The summed E-state index contributed by atoms with van der Waals surface area (Å²) in [7, 11) is 3.90. The molecule has 2 atom stereocenters. The third-order valence-corrected chi connectivity index (χ3v) is 2.35. The van der Waals surface area contributed by atoms with Gasteiger partial charge in [0.25, 0.3) is 0 Å². The summed E-state index contributed by atoms with van der Waals surface area (Å²) in [4.78, 5) is 6.25. The van der Waals surface area contributed by atoms with Crippen LogP contribution in [0.15, 0.2) is 4.52 Å². The number of hydrogen-bond donors (Lipinski definition) is 2. The fraction of sp³-hybridized carbons (Fsp3) is 0.778. The molecule has 0 radical (unpaired) electrons. The van der Waals surface area contributed by atoms with Crippen molar-refractivity contribution in [2.45, 2.75) is 25.1 Å². The molecule has 2 unspecified atom stereocenters. The van der Waals surface area contributed by atoms with Crippen LogP contribution in [0, 0.1) is 0 Å². The number of aliphatic hydroxyl groups is 1. The minimum atomic E-state index is -0.306. The first-order valence-corrected chi connectivity index (χ1v) is 5.04. The van der Waals surface area contributed by atoms with E-state index in [-0.39, 0.29) is 12.1 Å². The van der Waals surface area contributed by atoms with Gasteiger partial charge in [0.15, 0.2) is 5.82 Å². The SMILES string of the molecule is CN(C)Cc1noc(C2CC(O)CN2)n1. The Morgan fingerprint density at radius 2 is 2.40 bits per heavy atom. The molecule has 0 aromatic carbocycles. The first-order chi connectivity index (χ1) is 7.15. The highest BCUT2D eigenvalue weighted by atomic mass is 16.5. The van der Waals surface area contributed by atoms with Crippen LogP contribution in [-0.4, -0.2) is 46.9 Å². The lowest BCUT2D eigenvalue weighted by atomic mass is 10.2. The third kappa shape index (κ3) is 2.53. The summed E-state index contributed by atoms with van der Waals surface area (Å²) >= 11 is 0. The molecule has 0 saturated carbocycles. The molecule has 1 aromatic heterocycles. The number of hydrogen-bond acceptors (Lipinski definition) is 6. The summed E-state index contributed by atoms with van der Waals surface area (Å²) < 4.78 is 5.14. The van der Waals surface area contributed by atoms with Gasteiger partial charge in [-0.1, -0.05) is 5.16 Å². The van der Waals surface area contributed by atoms with Gasteiger partial charge in [-0.2, -0.15) is 4.98 Å². The lowest BCUT2D eigenvalue weighted by molar-refractivity contribution is 0.191. The van der Waals surface area contributed by atoms with E-state index in [4.69, 9.17) is 4.52 Å². The molecule has 0 aliphatic carbocycles. The fourth-order valence-corrected chi connectivity index (χ4v) is 1.66. The molecule has 2 rings (SSSR count). The van der Waals surface area contributed by atoms with Gasteiger partial charge in [-0.25, -0.2) is 0 Å². The second-order valence-corrected chi connectivity index (χ2v) is 4.14. The molecule has 0 bridgehead atoms. The minimum absolute atomic E-state index is 0.00316. The summed E-state index contributed by atoms with van der Waals surface area (Å²) in [5, 5.41) is 16.4. The van der Waals surface area contributed by atoms with Crippen molar-refractivity contribution in [1.82, 2.24) is 20.4 Å². The lowest BCUT2D eigenvalue weighted by Gasteiger charge is -2.04. The third-order valence-electron chi connectivity index (χ3n) is 2.35. The summed E-state index contributed by atoms with van der Waals surface area (Å²) in [5.74, 6) is 1.25. The first-order valence-electron chi connectivity index (χ1n) is 5.04. The number of nitrogens with one attached hydrogen (secondary N) is 1. The highest BCUT2D eigenvalue weighted by Gasteiger charge is 2.27. The molecule has 0 spiro atoms. The van der Waals surface area contributed by atoms with Crippen LogP contribution in [0.4, 0.5) is 0 Å². The molecular formula is C9H16N4O2. The monoisotopic (exact) mass is 212 g/mol. The van der Waals surface area contributed by atoms with Crippen LogP contribution in [0.5, 0.6) is 0 Å². The van der Waals surface area contributed by atoms with Crippen LogP contribution in [-0.2, 0) is 6.54 Å². The van der Waals surface area contributed by atoms with E-state index in [0.29, 0.717) is 31.2 Å². The van der Waals surface area contributed by atoms with Crippen molar-refractivity contribution in [2.75, 3.05) is 20.6 Å². The average Bonchev–Trinajstić information content (AvgIpc) is 2.72. The standard InChI is InChI=1S/C9H16N4O2/c1-13(2)5-8-11-9(15-12-8)7-3-6(14)4-10-7/h6-7,10,14H,3-5H2,1-2H3. The van der Waals surface area contributed by atoms with Crippen LogP contribution in [0.1, 0.15) is 24.2 Å². The van der Waals surface area contributed by atoms with Crippen molar-refractivity contribution in [3.8, 4) is 0 Å². The predicted molar refractivity (Wildman–Crippen MR) is 53.1 cm³/mol. The molecular weight excluding hydrogens is 196 g/mol. The molecule has 84 valence electrons. The van der Waals surface area contributed by atoms with Gasteiger partial charge >= 0.3 is 0 Å². The van der Waals surface area contributed by atoms with Crippen molar-refractivity contribution in [2.24, 2.45) is 0 Å². The summed E-state index contributed by atoms with van der Waals surface area (Å²) in [6.45, 7) is 1.26. The van der Waals surface area contributed by atoms with Crippen molar-refractivity contribution >= 4 is 0 Å². The average molecular weight is 212 g/mol. The Morgan fingerprint density at radius 1 is 1.60 bits per heavy atom. The summed E-state index contributed by atoms with van der Waals surface area (Å²) in [6.07, 6.45) is 0.336. The second kappa shape index (κ2) is 4.26. The van der Waals surface area contributed by atoms with Crippen LogP contribution in [0.3, 0.4) is 0 Å². The van der Waals surface area contributed by atoms with E-state index in [1.54, 1.807) is 0 Å². The van der Waals surface area contributed by atoms with E-state index in [2.05, 4.69) is 15.5 Å². The van der Waals surface area contributed by atoms with Gasteiger partial charge in [-0.3, -0.25) is 0 Å². The molecule has 1 saturated heterocycles. The van der Waals surface area contributed by atoms with Crippen LogP contribution < -0.4 is 5.32 Å². The Kier molecular flexibility index (Phi) is 2.99. The number of nitrogens with zero attached hydrogens (tertiary/aromatic N) is 3. The van der Waals surface area contributed by atoms with Gasteiger partial charge in [-0.15, -0.1) is 0 Å². The summed E-state index contributed by atoms with van der Waals surface area (Å²) in [6, 6.07) is 0.00316. The van der Waals surface area contributed by atoms with Crippen molar-refractivity contribution in [3.05, 3.63) is 11.7 Å². The van der Waals surface area contributed by atoms with Crippen molar-refractivity contribution in [3.63, 3.8) is 0 Å². The zero-order valence-electron chi connectivity index (χ0n) is 8.97. The van der Waals surface area contributed by atoms with Gasteiger partial charge in [0.1, 0.15) is 0 Å². The van der Waals surface area contributed by atoms with E-state index in [0.717, 1.165) is 0 Å². The quantitative estimate of drug-likeness (QED) is 0.705. The van der Waals surface area contributed by atoms with Gasteiger partial charge in [0.05, 0.1) is 18.7 Å². The summed E-state index contributed by atoms with van der Waals surface area (Å²) in [5.41, 5.74) is 0. The van der Waals surface area contributed by atoms with Gasteiger partial charge in [0.2, 0.25) is 5.89 Å². The Labute approximate surface area is 88.3 Å². The number of rotatable bonds is 3. The Hall–Kier alpha value is -0.980. The van der Waals surface area contributed by atoms with Crippen LogP contribution >= 0.6 is 0 Å². The van der Waals surface area contributed by atoms with Crippen molar-refractivity contribution in [1.29, 1.82) is 0 Å². The molecule has 1 fully saturated rings. The smallest absolute Gasteiger partial charge is 0.243 e. The van der Waals surface area contributed by atoms with Crippen LogP contribution in [0.2, 0.25) is 0 Å². The molecule has 6 heteroatoms. The highest BCUT2D eigenvalue weighted by molar-refractivity contribution is 4.97. The molecule has 6 nitrogen and oxygen atoms in total. The van der Waals surface area contributed by atoms with E-state index in [9.17, 15) is 5.11 Å².